The van der Waals surface area contributed by atoms with Gasteiger partial charge in [0.15, 0.2) is 0 Å². The minimum atomic E-state index is -1.21. The molecule has 0 fully saturated rings. The molecular formula is C23H30N2O5Si. The molecule has 1 aliphatic carbocycles. The second-order valence-electron chi connectivity index (χ2n) is 9.49. The van der Waals surface area contributed by atoms with Crippen molar-refractivity contribution in [1.82, 2.24) is 4.98 Å². The highest BCUT2D eigenvalue weighted by atomic mass is 28.3. The van der Waals surface area contributed by atoms with Crippen LogP contribution >= 0.6 is 0 Å². The van der Waals surface area contributed by atoms with Gasteiger partial charge in [-0.05, 0) is 43.5 Å². The van der Waals surface area contributed by atoms with Crippen LogP contribution in [0.15, 0.2) is 28.8 Å². The topological polar surface area (TPSA) is 81.9 Å². The van der Waals surface area contributed by atoms with Crippen LogP contribution in [0.5, 0.6) is 0 Å². The Morgan fingerprint density at radius 3 is 2.90 bits per heavy atom. The Morgan fingerprint density at radius 2 is 2.16 bits per heavy atom. The van der Waals surface area contributed by atoms with E-state index in [2.05, 4.69) is 24.6 Å². The average Bonchev–Trinajstić information content (AvgIpc) is 3.24. The summed E-state index contributed by atoms with van der Waals surface area (Å²) in [6, 6.07) is 6.63. The van der Waals surface area contributed by atoms with Crippen molar-refractivity contribution in [3.63, 3.8) is 0 Å². The number of hydrogen-bond acceptors (Lipinski definition) is 6. The molecule has 1 spiro atoms. The molecule has 166 valence electrons. The Kier molecular flexibility index (Phi) is 5.78. The van der Waals surface area contributed by atoms with Gasteiger partial charge in [-0.1, -0.05) is 25.7 Å². The molecule has 4 rings (SSSR count). The largest absolute Gasteiger partial charge is 0.460 e. The number of aromatic nitrogens is 1. The van der Waals surface area contributed by atoms with Crippen LogP contribution in [0.2, 0.25) is 25.7 Å². The van der Waals surface area contributed by atoms with Crippen molar-refractivity contribution in [3.05, 3.63) is 47.0 Å². The highest BCUT2D eigenvalue weighted by Gasteiger charge is 2.53. The zero-order valence-corrected chi connectivity index (χ0v) is 19.7. The lowest BCUT2D eigenvalue weighted by molar-refractivity contribution is -0.124. The third kappa shape index (κ3) is 4.06. The van der Waals surface area contributed by atoms with Crippen molar-refractivity contribution < 1.29 is 23.5 Å². The first-order chi connectivity index (χ1) is 14.7. The number of carbonyl (C=O) groups is 2. The maximum atomic E-state index is 13.7. The predicted octanol–water partition coefficient (Wildman–Crippen LogP) is 3.94. The minimum Gasteiger partial charge on any atom is -0.460 e. The summed E-state index contributed by atoms with van der Waals surface area (Å²) in [6.07, 6.45) is 3.39. The maximum absolute atomic E-state index is 13.7. The molecule has 0 N–H and O–H groups in total. The van der Waals surface area contributed by atoms with Crippen LogP contribution < -0.4 is 4.90 Å². The van der Waals surface area contributed by atoms with Crippen molar-refractivity contribution in [3.8, 4) is 0 Å². The van der Waals surface area contributed by atoms with Gasteiger partial charge in [0.25, 0.3) is 0 Å². The first kappa shape index (κ1) is 21.8. The van der Waals surface area contributed by atoms with Crippen LogP contribution in [0, 0.1) is 0 Å². The molecule has 1 unspecified atom stereocenters. The summed E-state index contributed by atoms with van der Waals surface area (Å²) in [4.78, 5) is 32.0. The molecule has 31 heavy (non-hydrogen) atoms. The maximum Gasteiger partial charge on any atom is 0.374 e. The quantitative estimate of drug-likeness (QED) is 0.367. The van der Waals surface area contributed by atoms with Gasteiger partial charge in [-0.15, -0.1) is 0 Å². The Hall–Kier alpha value is -2.45. The molecule has 7 nitrogen and oxygen atoms in total. The van der Waals surface area contributed by atoms with E-state index < -0.39 is 19.5 Å². The van der Waals surface area contributed by atoms with Crippen LogP contribution in [0.3, 0.4) is 0 Å². The number of aryl methyl sites for hydroxylation is 1. The van der Waals surface area contributed by atoms with E-state index in [0.717, 1.165) is 22.9 Å². The monoisotopic (exact) mass is 442 g/mol. The number of esters is 1. The van der Waals surface area contributed by atoms with Gasteiger partial charge in [0.05, 0.1) is 12.0 Å². The molecule has 0 saturated carbocycles. The number of pyridine rings is 1. The lowest BCUT2D eigenvalue weighted by atomic mass is 9.70. The molecule has 1 atom stereocenters. The number of nitrogens with zero attached hydrogens (tertiary/aromatic N) is 2. The molecule has 1 amide bonds. The Balaban J connectivity index is 1.58. The van der Waals surface area contributed by atoms with E-state index in [1.54, 1.807) is 24.1 Å². The lowest BCUT2D eigenvalue weighted by Crippen LogP contribution is -2.44. The lowest BCUT2D eigenvalue weighted by Gasteiger charge is -2.31. The molecular weight excluding hydrogens is 412 g/mol. The fourth-order valence-electron chi connectivity index (χ4n) is 4.39. The third-order valence-electron chi connectivity index (χ3n) is 6.07. The number of amides is 1. The summed E-state index contributed by atoms with van der Waals surface area (Å²) in [5.41, 5.74) is 1.12. The summed E-state index contributed by atoms with van der Waals surface area (Å²) in [5, 5.41) is 0. The zero-order valence-electron chi connectivity index (χ0n) is 18.7. The van der Waals surface area contributed by atoms with Crippen LogP contribution in [-0.4, -0.2) is 44.9 Å². The van der Waals surface area contributed by atoms with Gasteiger partial charge in [0.1, 0.15) is 18.3 Å². The van der Waals surface area contributed by atoms with Gasteiger partial charge in [0.2, 0.25) is 11.7 Å². The second kappa shape index (κ2) is 8.24. The standard InChI is InChI=1S/C23H30N2O5Si/c1-5-29-21(26)19-13-16-14-23(9-8-18(16)30-19)17-7-6-10-24-20(17)25(22(23)27)15-28-11-12-31(2,3)4/h6-7,10,13H,5,8-9,11-12,14-15H2,1-4H3. The van der Waals surface area contributed by atoms with E-state index in [1.165, 1.54) is 0 Å². The van der Waals surface area contributed by atoms with Crippen molar-refractivity contribution >= 4 is 25.8 Å². The Morgan fingerprint density at radius 1 is 1.35 bits per heavy atom. The molecule has 2 aromatic heterocycles. The SMILES string of the molecule is CCOC(=O)c1cc2c(o1)CCC1(C2)C(=O)N(COCC[Si](C)(C)C)c2ncccc21. The summed E-state index contributed by atoms with van der Waals surface area (Å²) >= 11 is 0. The molecule has 1 aliphatic heterocycles. The Labute approximate surface area is 183 Å². The first-order valence-corrected chi connectivity index (χ1v) is 14.6. The van der Waals surface area contributed by atoms with E-state index in [-0.39, 0.29) is 18.4 Å². The van der Waals surface area contributed by atoms with E-state index in [4.69, 9.17) is 13.9 Å². The molecule has 0 aromatic carbocycles. The normalized spacial score (nSPS) is 20.1. The van der Waals surface area contributed by atoms with E-state index >= 15 is 0 Å². The Bertz CT molecular complexity index is 996. The third-order valence-corrected chi connectivity index (χ3v) is 7.78. The summed E-state index contributed by atoms with van der Waals surface area (Å²) in [5.74, 6) is 1.18. The number of fused-ring (bicyclic) bond motifs is 3. The molecule has 2 aromatic rings. The molecule has 8 heteroatoms. The highest BCUT2D eigenvalue weighted by molar-refractivity contribution is 6.76. The van der Waals surface area contributed by atoms with Crippen molar-refractivity contribution in [2.45, 2.75) is 57.3 Å². The summed E-state index contributed by atoms with van der Waals surface area (Å²) < 4.78 is 16.7. The van der Waals surface area contributed by atoms with Crippen molar-refractivity contribution in [1.29, 1.82) is 0 Å². The number of hydrogen-bond donors (Lipinski definition) is 0. The van der Waals surface area contributed by atoms with Gasteiger partial charge < -0.3 is 13.9 Å². The smallest absolute Gasteiger partial charge is 0.374 e. The van der Waals surface area contributed by atoms with Crippen LogP contribution in [-0.2, 0) is 32.5 Å². The minimum absolute atomic E-state index is 0.0127. The molecule has 2 aliphatic rings. The molecule has 0 saturated heterocycles. The number of furan rings is 1. The summed E-state index contributed by atoms with van der Waals surface area (Å²) in [6.45, 7) is 9.81. The van der Waals surface area contributed by atoms with Gasteiger partial charge in [-0.3, -0.25) is 9.69 Å². The predicted molar refractivity (Wildman–Crippen MR) is 119 cm³/mol. The van der Waals surface area contributed by atoms with Gasteiger partial charge in [0, 0.05) is 32.9 Å². The first-order valence-electron chi connectivity index (χ1n) is 10.9. The number of ether oxygens (including phenoxy) is 2. The van der Waals surface area contributed by atoms with Crippen LogP contribution in [0.25, 0.3) is 0 Å². The average molecular weight is 443 g/mol. The van der Waals surface area contributed by atoms with E-state index in [1.807, 2.05) is 12.1 Å². The molecule has 0 radical (unpaired) electrons. The van der Waals surface area contributed by atoms with Gasteiger partial charge in [-0.2, -0.15) is 0 Å². The van der Waals surface area contributed by atoms with Crippen LogP contribution in [0.4, 0.5) is 5.82 Å². The van der Waals surface area contributed by atoms with Gasteiger partial charge >= 0.3 is 5.97 Å². The fourth-order valence-corrected chi connectivity index (χ4v) is 5.15. The van der Waals surface area contributed by atoms with Crippen molar-refractivity contribution in [2.75, 3.05) is 24.8 Å². The van der Waals surface area contributed by atoms with Crippen LogP contribution in [0.1, 0.15) is 40.8 Å². The van der Waals surface area contributed by atoms with E-state index in [9.17, 15) is 9.59 Å². The zero-order chi connectivity index (χ0) is 22.2. The number of carbonyl (C=O) groups excluding carboxylic acids is 2. The highest BCUT2D eigenvalue weighted by Crippen LogP contribution is 2.48. The second-order valence-corrected chi connectivity index (χ2v) is 15.1. The fraction of sp³-hybridized carbons (Fsp3) is 0.522. The molecule has 0 bridgehead atoms. The van der Waals surface area contributed by atoms with Gasteiger partial charge in [-0.25, -0.2) is 9.78 Å². The number of anilines is 1. The van der Waals surface area contributed by atoms with E-state index in [0.29, 0.717) is 38.3 Å². The summed E-state index contributed by atoms with van der Waals surface area (Å²) in [7, 11) is -1.21. The van der Waals surface area contributed by atoms with Crippen molar-refractivity contribution in [2.24, 2.45) is 0 Å². The molecule has 3 heterocycles. The number of rotatable bonds is 7.